The van der Waals surface area contributed by atoms with Gasteiger partial charge in [0.05, 0.1) is 11.3 Å². The summed E-state index contributed by atoms with van der Waals surface area (Å²) in [7, 11) is -3.24. The number of hydrogen-bond acceptors (Lipinski definition) is 5. The van der Waals surface area contributed by atoms with Gasteiger partial charge in [-0.05, 0) is 145 Å². The van der Waals surface area contributed by atoms with Crippen molar-refractivity contribution in [3.8, 4) is 0 Å². The molecule has 282 valence electrons. The smallest absolute Gasteiger partial charge is 0.335 e. The van der Waals surface area contributed by atoms with Crippen LogP contribution in [-0.4, -0.2) is 68.8 Å². The summed E-state index contributed by atoms with van der Waals surface area (Å²) in [4.78, 5) is 11.6. The number of hydrogen-bond donors (Lipinski definition) is 3. The molecule has 9 unspecified atom stereocenters. The van der Waals surface area contributed by atoms with Gasteiger partial charge in [0.15, 0.2) is 0 Å². The van der Waals surface area contributed by atoms with Crippen LogP contribution in [0.5, 0.6) is 0 Å². The first-order chi connectivity index (χ1) is 24.0. The Bertz CT molecular complexity index is 1660. The number of benzene rings is 1. The molecule has 0 bridgehead atoms. The molecule has 1 aromatic carbocycles. The number of aromatic carboxylic acids is 1. The minimum atomic E-state index is -3.24. The lowest BCUT2D eigenvalue weighted by Crippen LogP contribution is -2.65. The molecule has 7 nitrogen and oxygen atoms in total. The Labute approximate surface area is 308 Å². The van der Waals surface area contributed by atoms with E-state index in [0.29, 0.717) is 54.8 Å². The Morgan fingerprint density at radius 2 is 1.65 bits per heavy atom. The predicted octanol–water partition coefficient (Wildman–Crippen LogP) is 7.86. The number of fused-ring (bicyclic) bond motifs is 7. The average molecular weight is 720 g/mol. The van der Waals surface area contributed by atoms with E-state index in [2.05, 4.69) is 64.8 Å². The van der Waals surface area contributed by atoms with Crippen LogP contribution in [0.25, 0.3) is 5.57 Å². The maximum absolute atomic E-state index is 13.1. The standard InChI is InChI=1S/C43H65N3O4S/c1-29(2)32-14-19-43(28-45-24-27-51(49,50)46-25-22-44-23-26-46)21-20-41(6)34(37(32)43)12-13-36-40(5)17-15-33(30-8-10-31(11-9-30)38(47)48)39(3,4)35(40)16-18-42(36,41)7/h8-11,15,32,34-37,44-45H,1,12-14,16-28H2,2-7H3,(H,47,48). The van der Waals surface area contributed by atoms with Crippen LogP contribution in [-0.2, 0) is 10.0 Å². The third kappa shape index (κ3) is 5.83. The number of sulfonamides is 1. The van der Waals surface area contributed by atoms with E-state index in [4.69, 9.17) is 0 Å². The van der Waals surface area contributed by atoms with Gasteiger partial charge >= 0.3 is 5.97 Å². The Kier molecular flexibility index (Phi) is 9.58. The molecule has 4 saturated carbocycles. The molecule has 0 amide bonds. The van der Waals surface area contributed by atoms with E-state index < -0.39 is 16.0 Å². The number of rotatable bonds is 9. The predicted molar refractivity (Wildman–Crippen MR) is 207 cm³/mol. The lowest BCUT2D eigenvalue weighted by atomic mass is 9.32. The van der Waals surface area contributed by atoms with Gasteiger partial charge in [0.1, 0.15) is 0 Å². The van der Waals surface area contributed by atoms with Gasteiger partial charge in [0.2, 0.25) is 10.0 Å². The van der Waals surface area contributed by atoms with Crippen LogP contribution in [0.3, 0.4) is 0 Å². The fraction of sp³-hybridized carbons (Fsp3) is 0.744. The highest BCUT2D eigenvalue weighted by Gasteiger charge is 2.70. The summed E-state index contributed by atoms with van der Waals surface area (Å²) in [6, 6.07) is 7.57. The fourth-order valence-corrected chi connectivity index (χ4v) is 15.5. The van der Waals surface area contributed by atoms with Crippen molar-refractivity contribution < 1.29 is 18.3 Å². The van der Waals surface area contributed by atoms with E-state index in [1.807, 2.05) is 12.1 Å². The highest BCUT2D eigenvalue weighted by Crippen LogP contribution is 2.77. The van der Waals surface area contributed by atoms with Crippen molar-refractivity contribution in [3.05, 3.63) is 53.6 Å². The van der Waals surface area contributed by atoms with Crippen LogP contribution in [0.4, 0.5) is 0 Å². The third-order valence-electron chi connectivity index (χ3n) is 16.7. The van der Waals surface area contributed by atoms with Crippen molar-refractivity contribution in [2.45, 2.75) is 99.3 Å². The van der Waals surface area contributed by atoms with Crippen LogP contribution in [0.1, 0.15) is 115 Å². The van der Waals surface area contributed by atoms with E-state index >= 15 is 0 Å². The molecule has 1 aromatic rings. The number of carbonyl (C=O) groups is 1. The molecule has 7 rings (SSSR count). The second-order valence-electron chi connectivity index (χ2n) is 19.1. The molecule has 0 radical (unpaired) electrons. The summed E-state index contributed by atoms with van der Waals surface area (Å²) >= 11 is 0. The first-order valence-electron chi connectivity index (χ1n) is 20.1. The van der Waals surface area contributed by atoms with Crippen LogP contribution in [0.2, 0.25) is 0 Å². The first kappa shape index (κ1) is 37.3. The van der Waals surface area contributed by atoms with Crippen LogP contribution in [0.15, 0.2) is 42.5 Å². The zero-order valence-electron chi connectivity index (χ0n) is 32.3. The fourth-order valence-electron chi connectivity index (χ4n) is 14.1. The van der Waals surface area contributed by atoms with Gasteiger partial charge in [-0.3, -0.25) is 0 Å². The second kappa shape index (κ2) is 13.1. The Morgan fingerprint density at radius 1 is 0.941 bits per heavy atom. The summed E-state index contributed by atoms with van der Waals surface area (Å²) in [5, 5.41) is 16.5. The third-order valence-corrected chi connectivity index (χ3v) is 18.6. The van der Waals surface area contributed by atoms with Crippen molar-refractivity contribution in [2.24, 2.45) is 56.7 Å². The molecule has 1 aliphatic heterocycles. The van der Waals surface area contributed by atoms with Crippen molar-refractivity contribution in [2.75, 3.05) is 45.0 Å². The molecule has 8 heteroatoms. The van der Waals surface area contributed by atoms with Crippen molar-refractivity contribution in [1.29, 1.82) is 0 Å². The number of nitrogens with zero attached hydrogens (tertiary/aromatic N) is 1. The Morgan fingerprint density at radius 3 is 2.31 bits per heavy atom. The van der Waals surface area contributed by atoms with Gasteiger partial charge in [-0.1, -0.05) is 65.0 Å². The van der Waals surface area contributed by atoms with Gasteiger partial charge in [-0.15, -0.1) is 0 Å². The summed E-state index contributed by atoms with van der Waals surface area (Å²) < 4.78 is 27.9. The zero-order valence-corrected chi connectivity index (χ0v) is 33.1. The Hall–Kier alpha value is -2.00. The van der Waals surface area contributed by atoms with Crippen molar-refractivity contribution in [3.63, 3.8) is 0 Å². The molecule has 5 aliphatic carbocycles. The summed E-state index contributed by atoms with van der Waals surface area (Å²) in [5.41, 5.74) is 5.17. The first-order valence-corrected chi connectivity index (χ1v) is 21.7. The molecular formula is C43H65N3O4S. The minimum absolute atomic E-state index is 0.000913. The monoisotopic (exact) mass is 719 g/mol. The largest absolute Gasteiger partial charge is 0.478 e. The van der Waals surface area contributed by atoms with E-state index in [9.17, 15) is 18.3 Å². The maximum Gasteiger partial charge on any atom is 0.335 e. The van der Waals surface area contributed by atoms with Gasteiger partial charge < -0.3 is 15.7 Å². The second-order valence-corrected chi connectivity index (χ2v) is 21.2. The number of nitrogens with one attached hydrogen (secondary N) is 2. The van der Waals surface area contributed by atoms with Gasteiger partial charge in [0.25, 0.3) is 0 Å². The van der Waals surface area contributed by atoms with E-state index in [1.165, 1.54) is 68.1 Å². The molecule has 9 atom stereocenters. The Balaban J connectivity index is 1.13. The van der Waals surface area contributed by atoms with Gasteiger partial charge in [0, 0.05) is 39.3 Å². The number of piperazine rings is 1. The van der Waals surface area contributed by atoms with Crippen LogP contribution < -0.4 is 10.6 Å². The van der Waals surface area contributed by atoms with E-state index in [1.54, 1.807) is 16.4 Å². The number of allylic oxidation sites excluding steroid dienone is 3. The molecular weight excluding hydrogens is 655 g/mol. The number of carboxylic acids is 1. The lowest BCUT2D eigenvalue weighted by molar-refractivity contribution is -0.225. The van der Waals surface area contributed by atoms with Crippen LogP contribution in [0, 0.1) is 56.7 Å². The van der Waals surface area contributed by atoms with Crippen molar-refractivity contribution >= 4 is 21.6 Å². The molecule has 0 aromatic heterocycles. The minimum Gasteiger partial charge on any atom is -0.478 e. The molecule has 1 saturated heterocycles. The lowest BCUT2D eigenvalue weighted by Gasteiger charge is -2.72. The van der Waals surface area contributed by atoms with Crippen molar-refractivity contribution in [1.82, 2.24) is 14.9 Å². The summed E-state index contributed by atoms with van der Waals surface area (Å²) in [5.74, 6) is 2.32. The van der Waals surface area contributed by atoms with Gasteiger partial charge in [-0.25, -0.2) is 13.2 Å². The number of carboxylic acid groups (broad SMARTS) is 1. The zero-order chi connectivity index (χ0) is 36.6. The van der Waals surface area contributed by atoms with Crippen LogP contribution >= 0.6 is 0 Å². The van der Waals surface area contributed by atoms with Gasteiger partial charge in [-0.2, -0.15) is 4.31 Å². The SMILES string of the molecule is C=C(C)C1CCC2(CNCCS(=O)(=O)N3CCNCC3)CCC3(C)C(CCC4C5(C)CC=C(c6ccc(C(=O)O)cc6)C(C)(C)C5CCC43C)C12. The molecule has 51 heavy (non-hydrogen) atoms. The topological polar surface area (TPSA) is 98.7 Å². The molecule has 0 spiro atoms. The average Bonchev–Trinajstić information content (AvgIpc) is 3.47. The summed E-state index contributed by atoms with van der Waals surface area (Å²) in [6.07, 6.45) is 13.6. The highest BCUT2D eigenvalue weighted by molar-refractivity contribution is 7.89. The normalized spacial score (nSPS) is 40.7. The molecule has 6 aliphatic rings. The maximum atomic E-state index is 13.1. The van der Waals surface area contributed by atoms with E-state index in [-0.39, 0.29) is 32.8 Å². The summed E-state index contributed by atoms with van der Waals surface area (Å²) in [6.45, 7) is 23.8. The molecule has 1 heterocycles. The van der Waals surface area contributed by atoms with E-state index in [0.717, 1.165) is 26.1 Å². The molecule has 5 fully saturated rings. The molecule has 3 N–H and O–H groups in total. The quantitative estimate of drug-likeness (QED) is 0.178. The highest BCUT2D eigenvalue weighted by atomic mass is 32.2.